The first-order valence-electron chi connectivity index (χ1n) is 4.09. The SMILES string of the molecule is COc1cc(F)cc(F)c1C(C)C. The molecule has 13 heavy (non-hydrogen) atoms. The number of ether oxygens (including phenoxy) is 1. The van der Waals surface area contributed by atoms with Crippen LogP contribution in [0.4, 0.5) is 8.78 Å². The first kappa shape index (κ1) is 9.96. The van der Waals surface area contributed by atoms with E-state index in [9.17, 15) is 8.78 Å². The molecule has 0 spiro atoms. The van der Waals surface area contributed by atoms with Crippen molar-refractivity contribution in [1.29, 1.82) is 0 Å². The van der Waals surface area contributed by atoms with Crippen molar-refractivity contribution in [3.05, 3.63) is 29.3 Å². The molecule has 0 bridgehead atoms. The van der Waals surface area contributed by atoms with E-state index in [-0.39, 0.29) is 11.7 Å². The molecule has 0 aliphatic carbocycles. The first-order valence-corrected chi connectivity index (χ1v) is 4.09. The molecular formula is C10H12F2O. The van der Waals surface area contributed by atoms with Gasteiger partial charge in [-0.05, 0) is 5.92 Å². The van der Waals surface area contributed by atoms with Gasteiger partial charge in [-0.25, -0.2) is 8.78 Å². The molecule has 0 unspecified atom stereocenters. The molecule has 1 nitrogen and oxygen atoms in total. The summed E-state index contributed by atoms with van der Waals surface area (Å²) >= 11 is 0. The maximum Gasteiger partial charge on any atom is 0.133 e. The molecule has 0 radical (unpaired) electrons. The van der Waals surface area contributed by atoms with Gasteiger partial charge in [-0.15, -0.1) is 0 Å². The lowest BCUT2D eigenvalue weighted by molar-refractivity contribution is 0.396. The average molecular weight is 186 g/mol. The Bertz CT molecular complexity index is 308. The van der Waals surface area contributed by atoms with Crippen LogP contribution in [-0.2, 0) is 0 Å². The second-order valence-corrected chi connectivity index (χ2v) is 3.16. The number of rotatable bonds is 2. The highest BCUT2D eigenvalue weighted by molar-refractivity contribution is 5.37. The van der Waals surface area contributed by atoms with Crippen molar-refractivity contribution in [2.24, 2.45) is 0 Å². The van der Waals surface area contributed by atoms with Crippen LogP contribution in [0.1, 0.15) is 25.3 Å². The summed E-state index contributed by atoms with van der Waals surface area (Å²) in [5.74, 6) is -0.909. The van der Waals surface area contributed by atoms with Crippen LogP contribution >= 0.6 is 0 Å². The third-order valence-electron chi connectivity index (χ3n) is 1.85. The summed E-state index contributed by atoms with van der Waals surface area (Å²) in [5, 5.41) is 0. The smallest absolute Gasteiger partial charge is 0.133 e. The number of benzene rings is 1. The van der Waals surface area contributed by atoms with E-state index >= 15 is 0 Å². The third kappa shape index (κ3) is 1.97. The molecule has 0 aromatic heterocycles. The molecule has 0 aliphatic heterocycles. The van der Waals surface area contributed by atoms with Crippen LogP contribution in [0.2, 0.25) is 0 Å². The fourth-order valence-electron chi connectivity index (χ4n) is 1.29. The minimum atomic E-state index is -0.612. The van der Waals surface area contributed by atoms with Gasteiger partial charge >= 0.3 is 0 Å². The molecule has 1 aromatic carbocycles. The summed E-state index contributed by atoms with van der Waals surface area (Å²) in [5.41, 5.74) is 0.420. The van der Waals surface area contributed by atoms with Crippen LogP contribution in [0.15, 0.2) is 12.1 Å². The van der Waals surface area contributed by atoms with E-state index in [4.69, 9.17) is 4.74 Å². The van der Waals surface area contributed by atoms with E-state index in [0.29, 0.717) is 5.56 Å². The lowest BCUT2D eigenvalue weighted by atomic mass is 10.0. The van der Waals surface area contributed by atoms with Crippen molar-refractivity contribution in [2.45, 2.75) is 19.8 Å². The van der Waals surface area contributed by atoms with Crippen LogP contribution in [0.3, 0.4) is 0 Å². The van der Waals surface area contributed by atoms with Gasteiger partial charge in [0.05, 0.1) is 7.11 Å². The van der Waals surface area contributed by atoms with E-state index in [1.807, 2.05) is 13.8 Å². The zero-order valence-corrected chi connectivity index (χ0v) is 7.90. The third-order valence-corrected chi connectivity index (χ3v) is 1.85. The fraction of sp³-hybridized carbons (Fsp3) is 0.400. The zero-order valence-electron chi connectivity index (χ0n) is 7.90. The van der Waals surface area contributed by atoms with Gasteiger partial charge in [0.15, 0.2) is 0 Å². The molecule has 3 heteroatoms. The van der Waals surface area contributed by atoms with Gasteiger partial charge in [-0.2, -0.15) is 0 Å². The molecule has 0 saturated carbocycles. The Morgan fingerprint density at radius 1 is 1.23 bits per heavy atom. The highest BCUT2D eigenvalue weighted by Crippen LogP contribution is 2.29. The lowest BCUT2D eigenvalue weighted by Gasteiger charge is -2.12. The Morgan fingerprint density at radius 2 is 1.85 bits per heavy atom. The van der Waals surface area contributed by atoms with Gasteiger partial charge in [-0.3, -0.25) is 0 Å². The summed E-state index contributed by atoms with van der Waals surface area (Å²) in [4.78, 5) is 0. The molecule has 0 atom stereocenters. The predicted molar refractivity (Wildman–Crippen MR) is 47.0 cm³/mol. The van der Waals surface area contributed by atoms with Crippen molar-refractivity contribution in [2.75, 3.05) is 7.11 Å². The number of hydrogen-bond donors (Lipinski definition) is 0. The molecule has 0 N–H and O–H groups in total. The Morgan fingerprint density at radius 3 is 2.31 bits per heavy atom. The molecule has 72 valence electrons. The van der Waals surface area contributed by atoms with Gasteiger partial charge in [0.1, 0.15) is 17.4 Å². The highest BCUT2D eigenvalue weighted by atomic mass is 19.1. The average Bonchev–Trinajstić information content (AvgIpc) is 2.01. The molecule has 0 aliphatic rings. The summed E-state index contributed by atoms with van der Waals surface area (Å²) < 4.78 is 30.9. The summed E-state index contributed by atoms with van der Waals surface area (Å²) in [6.45, 7) is 3.66. The van der Waals surface area contributed by atoms with Crippen molar-refractivity contribution < 1.29 is 13.5 Å². The summed E-state index contributed by atoms with van der Waals surface area (Å²) in [6, 6.07) is 2.07. The van der Waals surface area contributed by atoms with Gasteiger partial charge in [-0.1, -0.05) is 13.8 Å². The van der Waals surface area contributed by atoms with Crippen molar-refractivity contribution in [1.82, 2.24) is 0 Å². The molecule has 0 fully saturated rings. The Labute approximate surface area is 76.3 Å². The van der Waals surface area contributed by atoms with Gasteiger partial charge in [0.25, 0.3) is 0 Å². The number of halogens is 2. The van der Waals surface area contributed by atoms with Gasteiger partial charge in [0, 0.05) is 17.7 Å². The lowest BCUT2D eigenvalue weighted by Crippen LogP contribution is -1.99. The minimum Gasteiger partial charge on any atom is -0.496 e. The van der Waals surface area contributed by atoms with E-state index in [1.54, 1.807) is 0 Å². The predicted octanol–water partition coefficient (Wildman–Crippen LogP) is 3.10. The highest BCUT2D eigenvalue weighted by Gasteiger charge is 2.14. The largest absolute Gasteiger partial charge is 0.496 e. The summed E-state index contributed by atoms with van der Waals surface area (Å²) in [6.07, 6.45) is 0. The second-order valence-electron chi connectivity index (χ2n) is 3.16. The van der Waals surface area contributed by atoms with Crippen LogP contribution < -0.4 is 4.74 Å². The maximum atomic E-state index is 13.2. The van der Waals surface area contributed by atoms with E-state index in [0.717, 1.165) is 6.07 Å². The maximum absolute atomic E-state index is 13.2. The van der Waals surface area contributed by atoms with E-state index in [2.05, 4.69) is 0 Å². The van der Waals surface area contributed by atoms with E-state index < -0.39 is 11.6 Å². The molecule has 0 heterocycles. The normalized spacial score (nSPS) is 10.6. The quantitative estimate of drug-likeness (QED) is 0.689. The second kappa shape index (κ2) is 3.73. The fourth-order valence-corrected chi connectivity index (χ4v) is 1.29. The van der Waals surface area contributed by atoms with Crippen molar-refractivity contribution in [3.63, 3.8) is 0 Å². The topological polar surface area (TPSA) is 9.23 Å². The van der Waals surface area contributed by atoms with Crippen molar-refractivity contribution >= 4 is 0 Å². The van der Waals surface area contributed by atoms with Crippen LogP contribution in [-0.4, -0.2) is 7.11 Å². The molecular weight excluding hydrogens is 174 g/mol. The number of methoxy groups -OCH3 is 1. The Kier molecular flexibility index (Phi) is 2.86. The van der Waals surface area contributed by atoms with Crippen LogP contribution in [0.25, 0.3) is 0 Å². The monoisotopic (exact) mass is 186 g/mol. The molecule has 0 saturated heterocycles. The standard InChI is InChI=1S/C10H12F2O/c1-6(2)10-8(12)4-7(11)5-9(10)13-3/h4-6H,1-3H3. The van der Waals surface area contributed by atoms with Gasteiger partial charge < -0.3 is 4.74 Å². The molecule has 1 rings (SSSR count). The Hall–Kier alpha value is -1.12. The molecule has 1 aromatic rings. The minimum absolute atomic E-state index is 0.0180. The van der Waals surface area contributed by atoms with Crippen LogP contribution in [0.5, 0.6) is 5.75 Å². The summed E-state index contributed by atoms with van der Waals surface area (Å²) in [7, 11) is 1.40. The number of hydrogen-bond acceptors (Lipinski definition) is 1. The Balaban J connectivity index is 3.30. The van der Waals surface area contributed by atoms with Gasteiger partial charge in [0.2, 0.25) is 0 Å². The molecule has 0 amide bonds. The first-order chi connectivity index (χ1) is 6.06. The van der Waals surface area contributed by atoms with E-state index in [1.165, 1.54) is 13.2 Å². The van der Waals surface area contributed by atoms with Crippen molar-refractivity contribution in [3.8, 4) is 5.75 Å². The zero-order chi connectivity index (χ0) is 10.0. The van der Waals surface area contributed by atoms with Crippen LogP contribution in [0, 0.1) is 11.6 Å².